The molecule has 132 valence electrons. The molecule has 3 rings (SSSR count). The molecule has 1 aromatic rings. The van der Waals surface area contributed by atoms with Crippen LogP contribution in [0, 0.1) is 0 Å². The van der Waals surface area contributed by atoms with E-state index in [9.17, 15) is 19.5 Å². The van der Waals surface area contributed by atoms with Gasteiger partial charge in [-0.3, -0.25) is 14.4 Å². The van der Waals surface area contributed by atoms with Gasteiger partial charge in [0.25, 0.3) is 11.7 Å². The maximum Gasteiger partial charge on any atom is 0.252 e. The molecule has 0 saturated carbocycles. The monoisotopic (exact) mass is 347 g/mol. The number of imide groups is 1. The summed E-state index contributed by atoms with van der Waals surface area (Å²) in [5.41, 5.74) is -1.21. The zero-order valence-corrected chi connectivity index (χ0v) is 14.0. The Morgan fingerprint density at radius 1 is 1.08 bits per heavy atom. The number of aliphatic hydroxyl groups is 1. The van der Waals surface area contributed by atoms with E-state index in [0.717, 1.165) is 4.90 Å². The van der Waals surface area contributed by atoms with E-state index in [0.29, 0.717) is 17.1 Å². The molecule has 0 aromatic heterocycles. The Morgan fingerprint density at radius 2 is 1.68 bits per heavy atom. The molecule has 1 saturated heterocycles. The first-order chi connectivity index (χ1) is 11.8. The number of Topliss-reactive ketones (excluding diaryl/α,β-unsaturated/α-hetero) is 1. The predicted octanol–water partition coefficient (Wildman–Crippen LogP) is 1.39. The number of nitrogens with zero attached hydrogens (tertiary/aromatic N) is 1. The Hall–Kier alpha value is -3.03. The number of ketones is 1. The molecule has 0 spiro atoms. The number of methoxy groups -OCH3 is 2. The van der Waals surface area contributed by atoms with E-state index in [1.54, 1.807) is 18.2 Å². The summed E-state index contributed by atoms with van der Waals surface area (Å²) < 4.78 is 16.0. The van der Waals surface area contributed by atoms with Gasteiger partial charge in [-0.25, -0.2) is 4.90 Å². The first kappa shape index (κ1) is 16.8. The number of rotatable bonds is 4. The van der Waals surface area contributed by atoms with Crippen molar-refractivity contribution in [2.75, 3.05) is 14.2 Å². The van der Waals surface area contributed by atoms with Gasteiger partial charge in [-0.1, -0.05) is 6.07 Å². The standard InChI is InChI=1S/C17H17NO7/c1-17(9-4-5-10(23-2)11(8-9)24-3)15(22)14(21)16(25-17)18-12(19)6-7-13(18)20/h4-5,8,21H,6-7H2,1-3H3. The van der Waals surface area contributed by atoms with Crippen molar-refractivity contribution in [2.24, 2.45) is 0 Å². The summed E-state index contributed by atoms with van der Waals surface area (Å²) >= 11 is 0. The molecule has 1 N–H and O–H groups in total. The van der Waals surface area contributed by atoms with E-state index >= 15 is 0 Å². The average molecular weight is 347 g/mol. The van der Waals surface area contributed by atoms with Gasteiger partial charge in [0.2, 0.25) is 17.6 Å². The Bertz CT molecular complexity index is 797. The number of amides is 2. The summed E-state index contributed by atoms with van der Waals surface area (Å²) in [6.45, 7) is 1.45. The molecule has 1 aromatic carbocycles. The lowest BCUT2D eigenvalue weighted by Gasteiger charge is -2.26. The molecule has 2 aliphatic rings. The minimum atomic E-state index is -1.60. The number of aliphatic hydroxyl groups excluding tert-OH is 1. The second kappa shape index (κ2) is 5.80. The number of hydrogen-bond donors (Lipinski definition) is 1. The van der Waals surface area contributed by atoms with Gasteiger partial charge in [-0.15, -0.1) is 0 Å². The third kappa shape index (κ3) is 2.41. The fraction of sp³-hybridized carbons (Fsp3) is 0.353. The highest BCUT2D eigenvalue weighted by Gasteiger charge is 2.52. The average Bonchev–Trinajstić information content (AvgIpc) is 3.06. The normalized spacial score (nSPS) is 23.3. The van der Waals surface area contributed by atoms with Gasteiger partial charge in [0.1, 0.15) is 0 Å². The highest BCUT2D eigenvalue weighted by atomic mass is 16.5. The number of ether oxygens (including phenoxy) is 3. The largest absolute Gasteiger partial charge is 0.501 e. The lowest BCUT2D eigenvalue weighted by atomic mass is 9.91. The summed E-state index contributed by atoms with van der Waals surface area (Å²) in [4.78, 5) is 37.1. The molecule has 2 amide bonds. The molecular formula is C17H17NO7. The highest BCUT2D eigenvalue weighted by Crippen LogP contribution is 2.42. The lowest BCUT2D eigenvalue weighted by Crippen LogP contribution is -2.33. The first-order valence-corrected chi connectivity index (χ1v) is 7.58. The van der Waals surface area contributed by atoms with Crippen molar-refractivity contribution in [1.29, 1.82) is 0 Å². The Balaban J connectivity index is 2.01. The van der Waals surface area contributed by atoms with Crippen molar-refractivity contribution in [3.05, 3.63) is 35.4 Å². The zero-order chi connectivity index (χ0) is 18.4. The molecule has 8 nitrogen and oxygen atoms in total. The molecular weight excluding hydrogens is 330 g/mol. The van der Waals surface area contributed by atoms with Crippen molar-refractivity contribution < 1.29 is 33.7 Å². The van der Waals surface area contributed by atoms with Crippen LogP contribution in [0.3, 0.4) is 0 Å². The molecule has 0 radical (unpaired) electrons. The Morgan fingerprint density at radius 3 is 2.24 bits per heavy atom. The second-order valence-electron chi connectivity index (χ2n) is 5.81. The Labute approximate surface area is 143 Å². The topological polar surface area (TPSA) is 102 Å². The SMILES string of the molecule is COc1ccc(C2(C)OC(N3C(=O)CCC3=O)=C(O)C2=O)cc1OC. The number of benzene rings is 1. The minimum absolute atomic E-state index is 0.0141. The summed E-state index contributed by atoms with van der Waals surface area (Å²) in [6, 6.07) is 4.72. The van der Waals surface area contributed by atoms with Crippen LogP contribution in [-0.2, 0) is 24.7 Å². The molecule has 1 unspecified atom stereocenters. The lowest BCUT2D eigenvalue weighted by molar-refractivity contribution is -0.144. The number of hydrogen-bond acceptors (Lipinski definition) is 7. The van der Waals surface area contributed by atoms with Crippen molar-refractivity contribution in [3.8, 4) is 11.5 Å². The summed E-state index contributed by atoms with van der Waals surface area (Å²) in [7, 11) is 2.93. The van der Waals surface area contributed by atoms with Gasteiger partial charge in [0, 0.05) is 18.4 Å². The minimum Gasteiger partial charge on any atom is -0.501 e. The van der Waals surface area contributed by atoms with Crippen LogP contribution in [0.25, 0.3) is 0 Å². The molecule has 2 aliphatic heterocycles. The van der Waals surface area contributed by atoms with Crippen LogP contribution in [-0.4, -0.2) is 41.8 Å². The van der Waals surface area contributed by atoms with Crippen LogP contribution in [0.15, 0.2) is 29.8 Å². The van der Waals surface area contributed by atoms with E-state index in [4.69, 9.17) is 14.2 Å². The Kier molecular flexibility index (Phi) is 3.90. The third-order valence-electron chi connectivity index (χ3n) is 4.34. The van der Waals surface area contributed by atoms with E-state index in [-0.39, 0.29) is 12.8 Å². The van der Waals surface area contributed by atoms with E-state index in [1.165, 1.54) is 21.1 Å². The second-order valence-corrected chi connectivity index (χ2v) is 5.81. The summed E-state index contributed by atoms with van der Waals surface area (Å²) in [5.74, 6) is -2.12. The third-order valence-corrected chi connectivity index (χ3v) is 4.34. The molecule has 0 bridgehead atoms. The van der Waals surface area contributed by atoms with Crippen LogP contribution in [0.1, 0.15) is 25.3 Å². The fourth-order valence-electron chi connectivity index (χ4n) is 2.89. The maximum atomic E-state index is 12.6. The quantitative estimate of drug-likeness (QED) is 0.821. The van der Waals surface area contributed by atoms with Crippen molar-refractivity contribution in [2.45, 2.75) is 25.4 Å². The molecule has 0 aliphatic carbocycles. The maximum absolute atomic E-state index is 12.6. The molecule has 1 fully saturated rings. The van der Waals surface area contributed by atoms with Crippen molar-refractivity contribution in [3.63, 3.8) is 0 Å². The first-order valence-electron chi connectivity index (χ1n) is 7.58. The van der Waals surface area contributed by atoms with Gasteiger partial charge in [0.15, 0.2) is 17.1 Å². The summed E-state index contributed by atoms with van der Waals surface area (Å²) in [5, 5.41) is 10.2. The zero-order valence-electron chi connectivity index (χ0n) is 14.0. The van der Waals surface area contributed by atoms with Crippen LogP contribution in [0.5, 0.6) is 11.5 Å². The number of likely N-dealkylation sites (tertiary alicyclic amines) is 1. The smallest absolute Gasteiger partial charge is 0.252 e. The molecule has 8 heteroatoms. The van der Waals surface area contributed by atoms with Crippen molar-refractivity contribution >= 4 is 17.6 Å². The highest BCUT2D eigenvalue weighted by molar-refractivity contribution is 6.08. The van der Waals surface area contributed by atoms with Crippen LogP contribution < -0.4 is 9.47 Å². The molecule has 2 heterocycles. The van der Waals surface area contributed by atoms with Crippen LogP contribution >= 0.6 is 0 Å². The van der Waals surface area contributed by atoms with Gasteiger partial charge in [0.05, 0.1) is 14.2 Å². The van der Waals surface area contributed by atoms with Crippen LogP contribution in [0.4, 0.5) is 0 Å². The van der Waals surface area contributed by atoms with E-state index in [1.807, 2.05) is 0 Å². The van der Waals surface area contributed by atoms with Crippen LogP contribution in [0.2, 0.25) is 0 Å². The van der Waals surface area contributed by atoms with Crippen molar-refractivity contribution in [1.82, 2.24) is 4.90 Å². The molecule has 25 heavy (non-hydrogen) atoms. The van der Waals surface area contributed by atoms with E-state index < -0.39 is 34.8 Å². The predicted molar refractivity (Wildman–Crippen MR) is 83.7 cm³/mol. The van der Waals surface area contributed by atoms with Gasteiger partial charge >= 0.3 is 0 Å². The molecule has 1 atom stereocenters. The van der Waals surface area contributed by atoms with E-state index in [2.05, 4.69) is 0 Å². The van der Waals surface area contributed by atoms with Gasteiger partial charge in [-0.2, -0.15) is 0 Å². The number of carbonyl (C=O) groups is 3. The van der Waals surface area contributed by atoms with Gasteiger partial charge < -0.3 is 19.3 Å². The number of carbonyl (C=O) groups excluding carboxylic acids is 3. The van der Waals surface area contributed by atoms with Gasteiger partial charge in [-0.05, 0) is 19.1 Å². The summed E-state index contributed by atoms with van der Waals surface area (Å²) in [6.07, 6.45) is 0.0282. The fourth-order valence-corrected chi connectivity index (χ4v) is 2.89.